The summed E-state index contributed by atoms with van der Waals surface area (Å²) >= 11 is 1.75. The van der Waals surface area contributed by atoms with Gasteiger partial charge in [0.25, 0.3) is 0 Å². The molecule has 29 heavy (non-hydrogen) atoms. The molecule has 0 bridgehead atoms. The molecule has 0 fully saturated rings. The van der Waals surface area contributed by atoms with Crippen molar-refractivity contribution in [3.63, 3.8) is 0 Å². The number of nitrogens with zero attached hydrogens (tertiary/aromatic N) is 1. The quantitative estimate of drug-likeness (QED) is 0.278. The van der Waals surface area contributed by atoms with Gasteiger partial charge in [-0.1, -0.05) is 52.0 Å². The number of hydrogen-bond acceptors (Lipinski definition) is 3. The van der Waals surface area contributed by atoms with Crippen molar-refractivity contribution in [3.05, 3.63) is 58.7 Å². The van der Waals surface area contributed by atoms with E-state index in [0.717, 1.165) is 24.3 Å². The van der Waals surface area contributed by atoms with Gasteiger partial charge in [-0.3, -0.25) is 9.05 Å². The summed E-state index contributed by atoms with van der Waals surface area (Å²) in [6.07, 6.45) is 2.22. The Balaban J connectivity index is 0.000000994. The van der Waals surface area contributed by atoms with E-state index in [9.17, 15) is 0 Å². The fourth-order valence-electron chi connectivity index (χ4n) is 5.98. The molecule has 2 aromatic carbocycles. The van der Waals surface area contributed by atoms with Crippen molar-refractivity contribution in [1.82, 2.24) is 4.67 Å². The average Bonchev–Trinajstić information content (AvgIpc) is 3.02. The Morgan fingerprint density at radius 2 is 1.24 bits per heavy atom. The third kappa shape index (κ3) is 3.13. The zero-order valence-electron chi connectivity index (χ0n) is 17.8. The zero-order chi connectivity index (χ0) is 21.2. The van der Waals surface area contributed by atoms with Crippen molar-refractivity contribution >= 4 is 17.7 Å². The van der Waals surface area contributed by atoms with Gasteiger partial charge in [0.15, 0.2) is 11.5 Å². The Morgan fingerprint density at radius 1 is 0.828 bits per heavy atom. The Hall–Kier alpha value is -0.540. The van der Waals surface area contributed by atoms with E-state index in [1.165, 1.54) is 22.3 Å². The monoisotopic (exact) mass is 614 g/mol. The summed E-state index contributed by atoms with van der Waals surface area (Å²) in [5, 5.41) is 0. The molecule has 5 rings (SSSR count). The molecule has 1 spiro atoms. The molecule has 0 saturated heterocycles. The standard InChI is InChI=1S/C23H28NO2P.Au.ClH/c1-21(2)13-23-14-22(3,4)16-10-8-12-18(20(16)23)26-27(24(5)6)25-17-11-7-9-15(21)19(17)23;;/h7-12H,13-14H2,1-6H3;;1H/q;+1;. The molecule has 0 atom stereocenters. The molecule has 2 aliphatic carbocycles. The predicted molar refractivity (Wildman–Crippen MR) is 118 cm³/mol. The van der Waals surface area contributed by atoms with Gasteiger partial charge in [-0.15, -0.1) is 4.67 Å². The first kappa shape index (κ1) is 21.7. The van der Waals surface area contributed by atoms with Crippen LogP contribution in [0.1, 0.15) is 62.8 Å². The van der Waals surface area contributed by atoms with E-state index in [4.69, 9.17) is 9.05 Å². The molecule has 6 heteroatoms. The van der Waals surface area contributed by atoms with E-state index < -0.39 is 8.53 Å². The van der Waals surface area contributed by atoms with Crippen LogP contribution in [-0.4, -0.2) is 18.8 Å². The number of halogens is 1. The van der Waals surface area contributed by atoms with Crippen LogP contribution in [0.25, 0.3) is 0 Å². The second-order valence-corrected chi connectivity index (χ2v) is 11.8. The third-order valence-electron chi connectivity index (χ3n) is 6.71. The molecule has 0 unspecified atom stereocenters. The van der Waals surface area contributed by atoms with Gasteiger partial charge in [-0.05, 0) is 46.9 Å². The Kier molecular flexibility index (Phi) is 5.43. The van der Waals surface area contributed by atoms with Crippen molar-refractivity contribution in [1.29, 1.82) is 0 Å². The molecule has 0 radical (unpaired) electrons. The fraction of sp³-hybridized carbons (Fsp3) is 0.478. The van der Waals surface area contributed by atoms with Crippen LogP contribution in [0.2, 0.25) is 0 Å². The van der Waals surface area contributed by atoms with Crippen LogP contribution in [0, 0.1) is 0 Å². The van der Waals surface area contributed by atoms with Crippen LogP contribution in [0.15, 0.2) is 36.4 Å². The van der Waals surface area contributed by atoms with E-state index in [1.807, 2.05) is 14.1 Å². The molecule has 3 nitrogen and oxygen atoms in total. The molecule has 0 N–H and O–H groups in total. The normalized spacial score (nSPS) is 21.7. The van der Waals surface area contributed by atoms with Crippen molar-refractivity contribution in [3.8, 4) is 11.5 Å². The van der Waals surface area contributed by atoms with Crippen molar-refractivity contribution in [2.45, 2.75) is 56.8 Å². The number of rotatable bonds is 1. The minimum absolute atomic E-state index is 0.0233. The average molecular weight is 615 g/mol. The van der Waals surface area contributed by atoms with E-state index in [2.05, 4.69) is 78.0 Å². The molecular formula is C23H29AuClNO2P+. The van der Waals surface area contributed by atoms with Crippen LogP contribution >= 0.6 is 17.7 Å². The molecular weight excluding hydrogens is 586 g/mol. The van der Waals surface area contributed by atoms with E-state index in [1.54, 1.807) is 20.0 Å². The second kappa shape index (κ2) is 7.26. The van der Waals surface area contributed by atoms with E-state index >= 15 is 0 Å². The molecule has 0 saturated carbocycles. The van der Waals surface area contributed by atoms with Crippen LogP contribution in [-0.2, 0) is 36.2 Å². The first-order valence-corrected chi connectivity index (χ1v) is 13.9. The van der Waals surface area contributed by atoms with Crippen molar-refractivity contribution in [2.75, 3.05) is 14.1 Å². The van der Waals surface area contributed by atoms with E-state index in [0.29, 0.717) is 0 Å². The maximum absolute atomic E-state index is 6.56. The van der Waals surface area contributed by atoms with E-state index in [-0.39, 0.29) is 16.2 Å². The SMILES string of the molecule is CN(C)[PH+]1Oc2cccc3c2C2(CC3(C)C)CC(C)(C)c3cccc(c32)O1.[Cl][Au]. The molecule has 1 heterocycles. The molecule has 0 amide bonds. The predicted octanol–water partition coefficient (Wildman–Crippen LogP) is 6.31. The summed E-state index contributed by atoms with van der Waals surface area (Å²) in [7, 11) is 7.06. The Morgan fingerprint density at radius 3 is 1.62 bits per heavy atom. The maximum atomic E-state index is 6.56. The van der Waals surface area contributed by atoms with Gasteiger partial charge in [-0.2, -0.15) is 0 Å². The molecule has 160 valence electrons. The van der Waals surface area contributed by atoms with Crippen LogP contribution < -0.4 is 9.05 Å². The summed E-state index contributed by atoms with van der Waals surface area (Å²) in [5.41, 5.74) is 5.94. The molecule has 1 aliphatic heterocycles. The summed E-state index contributed by atoms with van der Waals surface area (Å²) in [6, 6.07) is 13.2. The summed E-state index contributed by atoms with van der Waals surface area (Å²) in [5.74, 6) is 2.05. The van der Waals surface area contributed by atoms with Crippen molar-refractivity contribution in [2.24, 2.45) is 0 Å². The van der Waals surface area contributed by atoms with Gasteiger partial charge in [0.05, 0.1) is 0 Å². The minimum atomic E-state index is -1.62. The first-order chi connectivity index (χ1) is 13.7. The van der Waals surface area contributed by atoms with Gasteiger partial charge in [-0.25, -0.2) is 0 Å². The van der Waals surface area contributed by atoms with Crippen LogP contribution in [0.3, 0.4) is 0 Å². The number of benzene rings is 2. The third-order valence-corrected chi connectivity index (χ3v) is 8.23. The van der Waals surface area contributed by atoms with Gasteiger partial charge < -0.3 is 0 Å². The zero-order valence-corrected chi connectivity index (χ0v) is 21.7. The Bertz CT molecular complexity index is 886. The van der Waals surface area contributed by atoms with Gasteiger partial charge in [0.2, 0.25) is 0 Å². The fourth-order valence-corrected chi connectivity index (χ4v) is 7.10. The van der Waals surface area contributed by atoms with Crippen LogP contribution in [0.4, 0.5) is 0 Å². The summed E-state index contributed by atoms with van der Waals surface area (Å²) < 4.78 is 15.2. The summed E-state index contributed by atoms with van der Waals surface area (Å²) in [4.78, 5) is 0. The molecule has 3 aliphatic rings. The summed E-state index contributed by atoms with van der Waals surface area (Å²) in [6.45, 7) is 9.53. The topological polar surface area (TPSA) is 21.7 Å². The number of hydrogen-bond donors (Lipinski definition) is 0. The van der Waals surface area contributed by atoms with Gasteiger partial charge >= 0.3 is 37.7 Å². The van der Waals surface area contributed by atoms with Gasteiger partial charge in [0.1, 0.15) is 0 Å². The molecule has 2 aromatic rings. The van der Waals surface area contributed by atoms with Gasteiger partial charge in [0, 0.05) is 30.6 Å². The Labute approximate surface area is 191 Å². The second-order valence-electron chi connectivity index (χ2n) is 9.93. The van der Waals surface area contributed by atoms with Crippen molar-refractivity contribution < 1.29 is 29.0 Å². The van der Waals surface area contributed by atoms with Crippen LogP contribution in [0.5, 0.6) is 11.5 Å². The first-order valence-electron chi connectivity index (χ1n) is 9.95. The molecule has 0 aromatic heterocycles.